The van der Waals surface area contributed by atoms with Gasteiger partial charge in [-0.05, 0) is 43.9 Å². The Kier molecular flexibility index (Phi) is 4.69. The van der Waals surface area contributed by atoms with Crippen LogP contribution in [0.5, 0.6) is 5.75 Å². The fourth-order valence-electron chi connectivity index (χ4n) is 4.15. The van der Waals surface area contributed by atoms with Gasteiger partial charge in [0.2, 0.25) is 0 Å². The minimum Gasteiger partial charge on any atom is -0.493 e. The third-order valence-electron chi connectivity index (χ3n) is 5.54. The number of hydrogen-bond donors (Lipinski definition) is 1. The van der Waals surface area contributed by atoms with Crippen molar-refractivity contribution in [2.45, 2.75) is 25.3 Å². The Bertz CT molecular complexity index is 686. The number of amides is 1. The molecular weight excluding hydrogens is 327 g/mol. The predicted molar refractivity (Wildman–Crippen MR) is 89.2 cm³/mol. The molecule has 1 aromatic rings. The fraction of sp³-hybridized carbons (Fsp3) is 0.556. The van der Waals surface area contributed by atoms with Crippen molar-refractivity contribution in [1.82, 2.24) is 9.80 Å². The van der Waals surface area contributed by atoms with Gasteiger partial charge >= 0.3 is 5.97 Å². The molecule has 1 spiro atoms. The number of methoxy groups -OCH3 is 1. The van der Waals surface area contributed by atoms with E-state index in [2.05, 4.69) is 0 Å². The Morgan fingerprint density at radius 3 is 2.56 bits per heavy atom. The zero-order chi connectivity index (χ0) is 18.2. The summed E-state index contributed by atoms with van der Waals surface area (Å²) in [5, 5.41) is 9.31. The monoisotopic (exact) mass is 350 g/mol. The van der Waals surface area contributed by atoms with Crippen LogP contribution in [0.3, 0.4) is 0 Å². The van der Waals surface area contributed by atoms with E-state index in [9.17, 15) is 19.1 Å². The van der Waals surface area contributed by atoms with Crippen LogP contribution < -0.4 is 4.74 Å². The molecule has 25 heavy (non-hydrogen) atoms. The van der Waals surface area contributed by atoms with Gasteiger partial charge in [-0.3, -0.25) is 14.5 Å². The maximum atomic E-state index is 13.8. The summed E-state index contributed by atoms with van der Waals surface area (Å²) < 4.78 is 18.9. The lowest BCUT2D eigenvalue weighted by Crippen LogP contribution is -2.44. The summed E-state index contributed by atoms with van der Waals surface area (Å²) >= 11 is 0. The van der Waals surface area contributed by atoms with E-state index < -0.39 is 17.8 Å². The highest BCUT2D eigenvalue weighted by atomic mass is 19.1. The number of nitrogens with zero attached hydrogens (tertiary/aromatic N) is 2. The second kappa shape index (κ2) is 6.63. The Morgan fingerprint density at radius 2 is 2.00 bits per heavy atom. The summed E-state index contributed by atoms with van der Waals surface area (Å²) in [6.07, 6.45) is 2.12. The van der Waals surface area contributed by atoms with E-state index in [1.54, 1.807) is 11.0 Å². The summed E-state index contributed by atoms with van der Waals surface area (Å²) in [6.45, 7) is 1.81. The van der Waals surface area contributed by atoms with E-state index in [-0.39, 0.29) is 22.6 Å². The van der Waals surface area contributed by atoms with Gasteiger partial charge in [-0.2, -0.15) is 0 Å². The molecular formula is C18H23FN2O4. The quantitative estimate of drug-likeness (QED) is 0.901. The SMILES string of the molecule is COc1c(F)cccc1C(=O)N1CCC2(CC1)C[C@@H](C(=O)O)N(C)C2. The van der Waals surface area contributed by atoms with Gasteiger partial charge in [0.05, 0.1) is 12.7 Å². The molecule has 0 aromatic heterocycles. The van der Waals surface area contributed by atoms with Crippen molar-refractivity contribution < 1.29 is 23.8 Å². The summed E-state index contributed by atoms with van der Waals surface area (Å²) in [6, 6.07) is 3.88. The van der Waals surface area contributed by atoms with Crippen molar-refractivity contribution in [3.63, 3.8) is 0 Å². The van der Waals surface area contributed by atoms with Crippen LogP contribution in [0.1, 0.15) is 29.6 Å². The van der Waals surface area contributed by atoms with E-state index in [1.807, 2.05) is 11.9 Å². The number of carboxylic acid groups (broad SMARTS) is 1. The number of likely N-dealkylation sites (tertiary alicyclic amines) is 2. The van der Waals surface area contributed by atoms with Crippen molar-refractivity contribution >= 4 is 11.9 Å². The highest BCUT2D eigenvalue weighted by Gasteiger charge is 2.47. The average molecular weight is 350 g/mol. The van der Waals surface area contributed by atoms with Crippen molar-refractivity contribution in [2.75, 3.05) is 33.8 Å². The third-order valence-corrected chi connectivity index (χ3v) is 5.54. The number of aliphatic carboxylic acids is 1. The largest absolute Gasteiger partial charge is 0.493 e. The summed E-state index contributed by atoms with van der Waals surface area (Å²) in [7, 11) is 3.18. The molecule has 1 atom stereocenters. The lowest BCUT2D eigenvalue weighted by Gasteiger charge is -2.39. The first-order chi connectivity index (χ1) is 11.9. The molecule has 7 heteroatoms. The maximum absolute atomic E-state index is 13.8. The van der Waals surface area contributed by atoms with Crippen LogP contribution >= 0.6 is 0 Å². The molecule has 2 aliphatic rings. The second-order valence-electron chi connectivity index (χ2n) is 7.09. The summed E-state index contributed by atoms with van der Waals surface area (Å²) in [4.78, 5) is 27.7. The molecule has 3 rings (SSSR count). The van der Waals surface area contributed by atoms with Gasteiger partial charge in [0.25, 0.3) is 5.91 Å². The van der Waals surface area contributed by atoms with Crippen LogP contribution in [0.15, 0.2) is 18.2 Å². The first-order valence-electron chi connectivity index (χ1n) is 8.42. The Labute approximate surface area is 146 Å². The van der Waals surface area contributed by atoms with Crippen LogP contribution in [0.25, 0.3) is 0 Å². The molecule has 1 amide bonds. The van der Waals surface area contributed by atoms with Gasteiger partial charge in [-0.25, -0.2) is 4.39 Å². The lowest BCUT2D eigenvalue weighted by atomic mass is 9.76. The normalized spacial score (nSPS) is 23.0. The molecule has 0 saturated carbocycles. The number of rotatable bonds is 3. The highest BCUT2D eigenvalue weighted by Crippen LogP contribution is 2.43. The van der Waals surface area contributed by atoms with Crippen LogP contribution in [-0.4, -0.2) is 66.6 Å². The van der Waals surface area contributed by atoms with Gasteiger partial charge in [0.1, 0.15) is 6.04 Å². The van der Waals surface area contributed by atoms with Crippen molar-refractivity contribution in [3.8, 4) is 5.75 Å². The number of carbonyl (C=O) groups is 2. The molecule has 1 N–H and O–H groups in total. The first-order valence-corrected chi connectivity index (χ1v) is 8.42. The van der Waals surface area contributed by atoms with Crippen molar-refractivity contribution in [3.05, 3.63) is 29.6 Å². The average Bonchev–Trinajstić information content (AvgIpc) is 2.91. The third kappa shape index (κ3) is 3.20. The van der Waals surface area contributed by atoms with Gasteiger partial charge < -0.3 is 14.7 Å². The van der Waals surface area contributed by atoms with Gasteiger partial charge in [-0.15, -0.1) is 0 Å². The number of ether oxygens (including phenoxy) is 1. The number of carbonyl (C=O) groups excluding carboxylic acids is 1. The molecule has 0 bridgehead atoms. The van der Waals surface area contributed by atoms with Crippen molar-refractivity contribution in [2.24, 2.45) is 5.41 Å². The fourth-order valence-corrected chi connectivity index (χ4v) is 4.15. The van der Waals surface area contributed by atoms with Gasteiger partial charge in [-0.1, -0.05) is 6.07 Å². The molecule has 0 unspecified atom stereocenters. The number of para-hydroxylation sites is 1. The predicted octanol–water partition coefficient (Wildman–Crippen LogP) is 1.85. The van der Waals surface area contributed by atoms with E-state index in [0.717, 1.165) is 19.4 Å². The van der Waals surface area contributed by atoms with Crippen LogP contribution in [0.4, 0.5) is 4.39 Å². The maximum Gasteiger partial charge on any atom is 0.320 e. The molecule has 1 aromatic carbocycles. The van der Waals surface area contributed by atoms with Crippen LogP contribution in [0.2, 0.25) is 0 Å². The number of benzene rings is 1. The van der Waals surface area contributed by atoms with Crippen LogP contribution in [-0.2, 0) is 4.79 Å². The number of piperidine rings is 1. The molecule has 2 heterocycles. The zero-order valence-electron chi connectivity index (χ0n) is 14.5. The van der Waals surface area contributed by atoms with Crippen LogP contribution in [0, 0.1) is 11.2 Å². The van der Waals surface area contributed by atoms with Gasteiger partial charge in [0, 0.05) is 19.6 Å². The standard InChI is InChI=1S/C18H23FN2O4/c1-20-11-18(10-14(20)17(23)24)6-8-21(9-7-18)16(22)12-4-3-5-13(19)15(12)25-2/h3-5,14H,6-11H2,1-2H3,(H,23,24)/t14-/m0/s1. The molecule has 0 radical (unpaired) electrons. The van der Waals surface area contributed by atoms with Gasteiger partial charge in [0.15, 0.2) is 11.6 Å². The molecule has 0 aliphatic carbocycles. The lowest BCUT2D eigenvalue weighted by molar-refractivity contribution is -0.141. The first kappa shape index (κ1) is 17.7. The Hall–Kier alpha value is -2.15. The number of carboxylic acids is 1. The smallest absolute Gasteiger partial charge is 0.320 e. The second-order valence-corrected chi connectivity index (χ2v) is 7.09. The summed E-state index contributed by atoms with van der Waals surface area (Å²) in [5.74, 6) is -1.61. The highest BCUT2D eigenvalue weighted by molar-refractivity contribution is 5.97. The molecule has 6 nitrogen and oxygen atoms in total. The topological polar surface area (TPSA) is 70.1 Å². The molecule has 2 fully saturated rings. The van der Waals surface area contributed by atoms with E-state index >= 15 is 0 Å². The number of halogens is 1. The Balaban J connectivity index is 1.70. The molecule has 136 valence electrons. The number of likely N-dealkylation sites (N-methyl/N-ethyl adjacent to an activating group) is 1. The minimum atomic E-state index is -0.789. The zero-order valence-corrected chi connectivity index (χ0v) is 14.5. The van der Waals surface area contributed by atoms with E-state index in [4.69, 9.17) is 4.74 Å². The van der Waals surface area contributed by atoms with E-state index in [1.165, 1.54) is 19.2 Å². The Morgan fingerprint density at radius 1 is 1.32 bits per heavy atom. The molecule has 2 saturated heterocycles. The minimum absolute atomic E-state index is 0.0284. The number of hydrogen-bond acceptors (Lipinski definition) is 4. The van der Waals surface area contributed by atoms with E-state index in [0.29, 0.717) is 19.5 Å². The summed E-state index contributed by atoms with van der Waals surface area (Å²) in [5.41, 5.74) is 0.172. The van der Waals surface area contributed by atoms with Crippen molar-refractivity contribution in [1.29, 1.82) is 0 Å². The molecule has 2 aliphatic heterocycles.